The maximum Gasteiger partial charge on any atom is 0.163 e. The molecule has 0 saturated heterocycles. The number of ether oxygens (including phenoxy) is 1. The van der Waals surface area contributed by atoms with Crippen LogP contribution in [0.1, 0.15) is 44.0 Å². The summed E-state index contributed by atoms with van der Waals surface area (Å²) in [4.78, 5) is 0. The normalized spacial score (nSPS) is 23.6. The van der Waals surface area contributed by atoms with Gasteiger partial charge >= 0.3 is 0 Å². The van der Waals surface area contributed by atoms with Gasteiger partial charge < -0.3 is 10.1 Å². The highest BCUT2D eigenvalue weighted by molar-refractivity contribution is 5.31. The molecule has 2 atom stereocenters. The topological polar surface area (TPSA) is 39.1 Å². The van der Waals surface area contributed by atoms with Gasteiger partial charge in [0.2, 0.25) is 0 Å². The summed E-state index contributed by atoms with van der Waals surface area (Å²) in [6, 6.07) is 0.684. The molecule has 4 heteroatoms. The lowest BCUT2D eigenvalue weighted by molar-refractivity contribution is 0.265. The third kappa shape index (κ3) is 3.72. The summed E-state index contributed by atoms with van der Waals surface area (Å²) in [5.74, 6) is 1.82. The summed E-state index contributed by atoms with van der Waals surface area (Å²) in [6.45, 7) is 8.04. The number of hydrogen-bond acceptors (Lipinski definition) is 3. The van der Waals surface area contributed by atoms with Gasteiger partial charge in [-0.1, -0.05) is 19.8 Å². The van der Waals surface area contributed by atoms with Crippen molar-refractivity contribution in [3.8, 4) is 5.75 Å². The van der Waals surface area contributed by atoms with Crippen LogP contribution in [0.25, 0.3) is 0 Å². The van der Waals surface area contributed by atoms with Crippen LogP contribution in [0.2, 0.25) is 0 Å². The molecule has 19 heavy (non-hydrogen) atoms. The monoisotopic (exact) mass is 265 g/mol. The van der Waals surface area contributed by atoms with Crippen LogP contribution in [0.15, 0.2) is 0 Å². The molecule has 0 amide bonds. The molecule has 1 N–H and O–H groups in total. The lowest BCUT2D eigenvalue weighted by Crippen LogP contribution is -2.36. The van der Waals surface area contributed by atoms with E-state index in [2.05, 4.69) is 17.3 Å². The van der Waals surface area contributed by atoms with E-state index in [-0.39, 0.29) is 0 Å². The van der Waals surface area contributed by atoms with Crippen molar-refractivity contribution < 1.29 is 4.74 Å². The van der Waals surface area contributed by atoms with E-state index < -0.39 is 0 Å². The van der Waals surface area contributed by atoms with Crippen LogP contribution in [-0.2, 0) is 7.05 Å². The summed E-state index contributed by atoms with van der Waals surface area (Å²) in [5, 5.41) is 7.98. The first-order valence-corrected chi connectivity index (χ1v) is 7.44. The predicted molar refractivity (Wildman–Crippen MR) is 77.6 cm³/mol. The average Bonchev–Trinajstić information content (AvgIpc) is 2.60. The number of aromatic nitrogens is 2. The zero-order valence-corrected chi connectivity index (χ0v) is 12.7. The molecule has 2 rings (SSSR count). The predicted octanol–water partition coefficient (Wildman–Crippen LogP) is 2.58. The largest absolute Gasteiger partial charge is 0.488 e. The number of nitrogens with zero attached hydrogens (tertiary/aromatic N) is 2. The van der Waals surface area contributed by atoms with Gasteiger partial charge in [-0.3, -0.25) is 4.68 Å². The van der Waals surface area contributed by atoms with Crippen LogP contribution < -0.4 is 10.1 Å². The molecule has 0 spiro atoms. The molecule has 1 aliphatic rings. The number of aryl methyl sites for hydroxylation is 2. The molecular formula is C15H27N3O. The quantitative estimate of drug-likeness (QED) is 0.832. The molecule has 1 aromatic heterocycles. The summed E-state index contributed by atoms with van der Waals surface area (Å²) in [5.41, 5.74) is 2.08. The van der Waals surface area contributed by atoms with E-state index >= 15 is 0 Å². The molecule has 0 bridgehead atoms. The van der Waals surface area contributed by atoms with E-state index in [1.54, 1.807) is 0 Å². The van der Waals surface area contributed by atoms with Crippen molar-refractivity contribution in [2.24, 2.45) is 13.0 Å². The first-order valence-electron chi connectivity index (χ1n) is 7.44. The van der Waals surface area contributed by atoms with Crippen LogP contribution in [0, 0.1) is 19.8 Å². The third-order valence-corrected chi connectivity index (χ3v) is 4.16. The molecule has 0 aromatic carbocycles. The van der Waals surface area contributed by atoms with E-state index in [9.17, 15) is 0 Å². The molecule has 1 aliphatic carbocycles. The second kappa shape index (κ2) is 6.42. The van der Waals surface area contributed by atoms with E-state index in [0.29, 0.717) is 6.04 Å². The Hall–Kier alpha value is -1.03. The zero-order valence-electron chi connectivity index (χ0n) is 12.7. The summed E-state index contributed by atoms with van der Waals surface area (Å²) < 4.78 is 7.74. The molecule has 0 radical (unpaired) electrons. The number of nitrogens with one attached hydrogen (secondary N) is 1. The molecule has 0 aliphatic heterocycles. The van der Waals surface area contributed by atoms with Crippen molar-refractivity contribution in [2.45, 2.75) is 52.5 Å². The van der Waals surface area contributed by atoms with Crippen molar-refractivity contribution in [1.82, 2.24) is 15.1 Å². The molecule has 4 nitrogen and oxygen atoms in total. The van der Waals surface area contributed by atoms with E-state index in [4.69, 9.17) is 4.74 Å². The highest BCUT2D eigenvalue weighted by Gasteiger charge is 2.18. The van der Waals surface area contributed by atoms with Crippen LogP contribution in [0.5, 0.6) is 5.75 Å². The van der Waals surface area contributed by atoms with Gasteiger partial charge in [-0.2, -0.15) is 5.10 Å². The lowest BCUT2D eigenvalue weighted by Gasteiger charge is -2.27. The van der Waals surface area contributed by atoms with Gasteiger partial charge in [-0.05, 0) is 32.6 Å². The van der Waals surface area contributed by atoms with Crippen LogP contribution >= 0.6 is 0 Å². The number of hydrogen-bond donors (Lipinski definition) is 1. The molecule has 108 valence electrons. The minimum atomic E-state index is 0.684. The van der Waals surface area contributed by atoms with Gasteiger partial charge in [0.05, 0.1) is 5.69 Å². The van der Waals surface area contributed by atoms with Gasteiger partial charge in [0.1, 0.15) is 12.3 Å². The van der Waals surface area contributed by atoms with Gasteiger partial charge in [0, 0.05) is 19.6 Å². The Labute approximate surface area is 116 Å². The Morgan fingerprint density at radius 2 is 2.16 bits per heavy atom. The number of rotatable bonds is 5. The van der Waals surface area contributed by atoms with Crippen LogP contribution in [0.3, 0.4) is 0 Å². The molecular weight excluding hydrogens is 238 g/mol. The molecule has 2 unspecified atom stereocenters. The van der Waals surface area contributed by atoms with Crippen molar-refractivity contribution >= 4 is 0 Å². The Bertz CT molecular complexity index is 414. The summed E-state index contributed by atoms with van der Waals surface area (Å²) in [7, 11) is 1.96. The molecule has 1 saturated carbocycles. The average molecular weight is 265 g/mol. The first-order chi connectivity index (χ1) is 9.08. The fourth-order valence-corrected chi connectivity index (χ4v) is 3.00. The minimum Gasteiger partial charge on any atom is -0.488 e. The van der Waals surface area contributed by atoms with Crippen molar-refractivity contribution in [2.75, 3.05) is 13.2 Å². The van der Waals surface area contributed by atoms with E-state index in [1.807, 2.05) is 25.6 Å². The Morgan fingerprint density at radius 1 is 1.37 bits per heavy atom. The van der Waals surface area contributed by atoms with Gasteiger partial charge in [-0.15, -0.1) is 0 Å². The Balaban J connectivity index is 1.72. The van der Waals surface area contributed by atoms with E-state index in [1.165, 1.54) is 25.7 Å². The first kappa shape index (κ1) is 14.4. The van der Waals surface area contributed by atoms with E-state index in [0.717, 1.165) is 36.2 Å². The maximum atomic E-state index is 5.86. The van der Waals surface area contributed by atoms with Crippen LogP contribution in [0.4, 0.5) is 0 Å². The fourth-order valence-electron chi connectivity index (χ4n) is 3.00. The lowest BCUT2D eigenvalue weighted by atomic mass is 9.87. The molecule has 1 fully saturated rings. The highest BCUT2D eigenvalue weighted by Crippen LogP contribution is 2.23. The SMILES string of the molecule is Cc1nn(C)c(C)c1OCCNC1CCCC(C)C1. The van der Waals surface area contributed by atoms with Crippen LogP contribution in [-0.4, -0.2) is 29.0 Å². The third-order valence-electron chi connectivity index (χ3n) is 4.16. The summed E-state index contributed by atoms with van der Waals surface area (Å²) >= 11 is 0. The van der Waals surface area contributed by atoms with Gasteiger partial charge in [0.15, 0.2) is 5.75 Å². The van der Waals surface area contributed by atoms with Gasteiger partial charge in [-0.25, -0.2) is 0 Å². The smallest absolute Gasteiger partial charge is 0.163 e. The van der Waals surface area contributed by atoms with Crippen molar-refractivity contribution in [3.05, 3.63) is 11.4 Å². The van der Waals surface area contributed by atoms with Gasteiger partial charge in [0.25, 0.3) is 0 Å². The second-order valence-corrected chi connectivity index (χ2v) is 5.89. The zero-order chi connectivity index (χ0) is 13.8. The Kier molecular flexibility index (Phi) is 4.86. The highest BCUT2D eigenvalue weighted by atomic mass is 16.5. The molecule has 1 aromatic rings. The van der Waals surface area contributed by atoms with Crippen molar-refractivity contribution in [1.29, 1.82) is 0 Å². The fraction of sp³-hybridized carbons (Fsp3) is 0.800. The summed E-state index contributed by atoms with van der Waals surface area (Å²) in [6.07, 6.45) is 5.38. The standard InChI is InChI=1S/C15H27N3O/c1-11-6-5-7-14(10-11)16-8-9-19-15-12(2)17-18(4)13(15)3/h11,14,16H,5-10H2,1-4H3. The minimum absolute atomic E-state index is 0.684. The van der Waals surface area contributed by atoms with Crippen molar-refractivity contribution in [3.63, 3.8) is 0 Å². The second-order valence-electron chi connectivity index (χ2n) is 5.89. The maximum absolute atomic E-state index is 5.86. The Morgan fingerprint density at radius 3 is 2.79 bits per heavy atom. The molecule has 1 heterocycles.